The number of aliphatic hydroxyl groups is 2. The van der Waals surface area contributed by atoms with Gasteiger partial charge >= 0.3 is 13.7 Å². The molecule has 12 nitrogen and oxygen atoms in total. The van der Waals surface area contributed by atoms with E-state index in [1.807, 2.05) is 31.1 Å². The van der Waals surface area contributed by atoms with Crippen molar-refractivity contribution in [2.24, 2.45) is 17.8 Å². The zero-order valence-corrected chi connectivity index (χ0v) is 39.8. The van der Waals surface area contributed by atoms with Crippen LogP contribution in [0.25, 0.3) is 0 Å². The van der Waals surface area contributed by atoms with Gasteiger partial charge in [0, 0.05) is 72.3 Å². The first-order valence-corrected chi connectivity index (χ1v) is 26.7. The summed E-state index contributed by atoms with van der Waals surface area (Å²) >= 11 is 10.3. The number of pyridine rings is 1. The summed E-state index contributed by atoms with van der Waals surface area (Å²) in [6.07, 6.45) is 17.4. The molecule has 16 heteroatoms. The first-order chi connectivity index (χ1) is 27.2. The highest BCUT2D eigenvalue weighted by molar-refractivity contribution is 8.05. The van der Waals surface area contributed by atoms with Crippen LogP contribution >= 0.6 is 36.2 Å². The van der Waals surface area contributed by atoms with Crippen LogP contribution in [0.15, 0.2) is 24.5 Å². The van der Waals surface area contributed by atoms with Gasteiger partial charge in [0.2, 0.25) is 0 Å². The first-order valence-electron chi connectivity index (χ1n) is 21.3. The molecule has 2 saturated carbocycles. The third kappa shape index (κ3) is 40.2. The molecule has 1 unspecified atom stereocenters. The van der Waals surface area contributed by atoms with E-state index in [4.69, 9.17) is 51.2 Å². The van der Waals surface area contributed by atoms with Crippen LogP contribution in [0.1, 0.15) is 131 Å². The van der Waals surface area contributed by atoms with Gasteiger partial charge in [-0.3, -0.25) is 14.1 Å². The zero-order chi connectivity index (χ0) is 42.8. The first kappa shape index (κ1) is 63.0. The highest BCUT2D eigenvalue weighted by Gasteiger charge is 2.25. The number of ether oxygens (including phenoxy) is 2. The third-order valence-electron chi connectivity index (χ3n) is 9.96. The van der Waals surface area contributed by atoms with Crippen LogP contribution in [0.3, 0.4) is 0 Å². The molecule has 1 saturated heterocycles. The Morgan fingerprint density at radius 3 is 1.64 bits per heavy atom. The Morgan fingerprint density at radius 1 is 0.780 bits per heavy atom. The zero-order valence-electron chi connectivity index (χ0n) is 36.5. The number of halogens is 2. The van der Waals surface area contributed by atoms with Crippen molar-refractivity contribution in [1.82, 2.24) is 9.88 Å². The predicted octanol–water partition coefficient (Wildman–Crippen LogP) is 11.9. The molecule has 1 aromatic heterocycles. The number of anilines is 1. The minimum absolute atomic E-state index is 0. The Hall–Kier alpha value is -0.330. The van der Waals surface area contributed by atoms with Gasteiger partial charge in [-0.1, -0.05) is 67.2 Å². The molecule has 0 radical (unpaired) electrons. The monoisotopic (exact) mass is 924 g/mol. The smallest absolute Gasteiger partial charge is 0.380 e. The van der Waals surface area contributed by atoms with Crippen LogP contribution in [0.2, 0.25) is 0 Å². The minimum atomic E-state index is -3.27. The Kier molecular flexibility index (Phi) is 43.2. The van der Waals surface area contributed by atoms with Crippen molar-refractivity contribution in [3.8, 4) is 0 Å². The van der Waals surface area contributed by atoms with Crippen molar-refractivity contribution in [1.29, 1.82) is 0 Å². The van der Waals surface area contributed by atoms with Crippen molar-refractivity contribution >= 4 is 41.8 Å². The molecule has 3 aliphatic rings. The van der Waals surface area contributed by atoms with Gasteiger partial charge in [-0.25, -0.2) is 0 Å². The molecule has 1 aromatic rings. The fraction of sp³-hybridized carbons (Fsp3) is 0.884. The number of morpholine rings is 1. The third-order valence-corrected chi connectivity index (χ3v) is 12.3. The van der Waals surface area contributed by atoms with E-state index in [-0.39, 0.29) is 21.0 Å². The lowest BCUT2D eigenvalue weighted by Crippen LogP contribution is -2.32. The van der Waals surface area contributed by atoms with Crippen molar-refractivity contribution < 1.29 is 42.4 Å². The van der Waals surface area contributed by atoms with Crippen LogP contribution < -0.4 is 4.90 Å². The Balaban J connectivity index is -0.000000703. The van der Waals surface area contributed by atoms with Crippen molar-refractivity contribution in [3.05, 3.63) is 24.5 Å². The van der Waals surface area contributed by atoms with Gasteiger partial charge in [0.1, 0.15) is 0 Å². The van der Waals surface area contributed by atoms with E-state index in [2.05, 4.69) is 35.3 Å². The Bertz CT molecular complexity index is 1120. The van der Waals surface area contributed by atoms with Crippen LogP contribution in [0.5, 0.6) is 0 Å². The molecule has 2 heterocycles. The molecule has 2 N–H and O–H groups in total. The molecule has 354 valence electrons. The molecule has 1 atom stereocenters. The fourth-order valence-electron chi connectivity index (χ4n) is 6.16. The summed E-state index contributed by atoms with van der Waals surface area (Å²) in [7, 11) is 5.04. The number of hydrogen-bond donors (Lipinski definition) is 2. The van der Waals surface area contributed by atoms with Gasteiger partial charge in [0.05, 0.1) is 39.1 Å². The average Bonchev–Trinajstić information content (AvgIpc) is 3.19. The molecule has 2 aliphatic carbocycles. The number of unbranched alkanes of at least 4 members (excludes halogenated alkanes) is 6. The molecule has 0 amide bonds. The number of aromatic nitrogens is 1. The summed E-state index contributed by atoms with van der Waals surface area (Å²) in [5.74, 6) is 1.68. The maximum Gasteiger partial charge on any atom is 0.380 e. The summed E-state index contributed by atoms with van der Waals surface area (Å²) in [4.78, 5) is 8.21. The fourth-order valence-corrected chi connectivity index (χ4v) is 7.93. The standard InChI is InChI=1S/C16H33O4P.C7H10N2.C7H14O2.C6H13Cl2O2P.C5H11NO.2CH4/c1-4-5-6-7-12-19-21(3,17)20-14-16-10-8-15(9-11-16)13-18-2;1-9(2)7-3-5-8-6-4-7;8-5-6-1-3-7(9)4-2-6;1-2-3-4-5-6-10-11(7,8)9;1-6-2-4-7-5-3-6;;/h15-16H,4-14H2,1-3H3;3-6H,1-2H3;6-9H,1-5H2;2-6H2,1H3;2-5H2,1H3;2*1H4. The van der Waals surface area contributed by atoms with E-state index in [1.165, 1.54) is 37.8 Å². The van der Waals surface area contributed by atoms with Gasteiger partial charge in [0.25, 0.3) is 0 Å². The van der Waals surface area contributed by atoms with Crippen molar-refractivity contribution in [3.63, 3.8) is 0 Å². The summed E-state index contributed by atoms with van der Waals surface area (Å²) < 4.78 is 48.7. The Morgan fingerprint density at radius 2 is 1.25 bits per heavy atom. The molecule has 3 fully saturated rings. The molecule has 0 bridgehead atoms. The number of nitrogens with zero attached hydrogens (tertiary/aromatic N) is 3. The van der Waals surface area contributed by atoms with Gasteiger partial charge in [0.15, 0.2) is 0 Å². The number of likely N-dealkylation sites (N-methyl/N-ethyl adjacent to an activating group) is 1. The van der Waals surface area contributed by atoms with Crippen LogP contribution in [-0.2, 0) is 32.2 Å². The lowest BCUT2D eigenvalue weighted by atomic mass is 9.83. The minimum Gasteiger partial charge on any atom is -0.396 e. The number of rotatable bonds is 19. The number of methoxy groups -OCH3 is 1. The van der Waals surface area contributed by atoms with Gasteiger partial charge in [-0.2, -0.15) is 0 Å². The van der Waals surface area contributed by atoms with Gasteiger partial charge < -0.3 is 43.1 Å². The maximum absolute atomic E-state index is 12.2. The SMILES string of the molecule is C.C.CCCCCCOP(=O)(Cl)Cl.CCCCCCOP(C)(=O)OCC1CCC(COC)CC1.CN(C)c1ccncc1.CN1CCOCC1.OCC1CCC(O)CC1. The largest absolute Gasteiger partial charge is 0.396 e. The van der Waals surface area contributed by atoms with E-state index in [0.29, 0.717) is 44.2 Å². The molecule has 4 rings (SSSR count). The van der Waals surface area contributed by atoms with E-state index >= 15 is 0 Å². The summed E-state index contributed by atoms with van der Waals surface area (Å²) in [5, 5.41) is 17.7. The normalized spacial score (nSPS) is 21.3. The Labute approximate surface area is 371 Å². The number of aliphatic hydroxyl groups excluding tert-OH is 2. The molecular formula is C43H89Cl2N3O9P2. The predicted molar refractivity (Wildman–Crippen MR) is 252 cm³/mol. The van der Waals surface area contributed by atoms with Crippen molar-refractivity contribution in [2.45, 2.75) is 138 Å². The average molecular weight is 925 g/mol. The molecule has 59 heavy (non-hydrogen) atoms. The van der Waals surface area contributed by atoms with E-state index < -0.39 is 13.7 Å². The summed E-state index contributed by atoms with van der Waals surface area (Å²) in [5.41, 5.74) is 1.19. The second-order valence-electron chi connectivity index (χ2n) is 15.5. The molecular weight excluding hydrogens is 835 g/mol. The molecule has 0 aromatic carbocycles. The highest BCUT2D eigenvalue weighted by Crippen LogP contribution is 2.57. The topological polar surface area (TPSA) is 140 Å². The highest BCUT2D eigenvalue weighted by atomic mass is 35.9. The van der Waals surface area contributed by atoms with Crippen molar-refractivity contribution in [2.75, 3.05) is 99.2 Å². The molecule has 0 spiro atoms. The summed E-state index contributed by atoms with van der Waals surface area (Å²) in [6.45, 7) is 12.6. The molecule has 1 aliphatic heterocycles. The van der Waals surface area contributed by atoms with Crippen LogP contribution in [-0.4, -0.2) is 120 Å². The second kappa shape index (κ2) is 40.4. The van der Waals surface area contributed by atoms with E-state index in [9.17, 15) is 9.13 Å². The van der Waals surface area contributed by atoms with Crippen LogP contribution in [0.4, 0.5) is 5.69 Å². The lowest BCUT2D eigenvalue weighted by Gasteiger charge is -2.28. The van der Waals surface area contributed by atoms with Gasteiger partial charge in [-0.15, -0.1) is 0 Å². The van der Waals surface area contributed by atoms with Gasteiger partial charge in [-0.05, 0) is 124 Å². The van der Waals surface area contributed by atoms with E-state index in [1.54, 1.807) is 26.2 Å². The number of hydrogen-bond acceptors (Lipinski definition) is 12. The maximum atomic E-state index is 12.2. The van der Waals surface area contributed by atoms with E-state index in [0.717, 1.165) is 104 Å². The quantitative estimate of drug-likeness (QED) is 0.101. The second-order valence-corrected chi connectivity index (χ2v) is 21.8. The summed E-state index contributed by atoms with van der Waals surface area (Å²) in [6, 6.07) is 3.94. The lowest BCUT2D eigenvalue weighted by molar-refractivity contribution is 0.0503. The van der Waals surface area contributed by atoms with Crippen LogP contribution in [0, 0.1) is 17.8 Å².